The van der Waals surface area contributed by atoms with E-state index in [2.05, 4.69) is 27.7 Å². The predicted molar refractivity (Wildman–Crippen MR) is 190 cm³/mol. The number of rotatable bonds is 6. The van der Waals surface area contributed by atoms with Crippen LogP contribution >= 0.6 is 0 Å². The summed E-state index contributed by atoms with van der Waals surface area (Å²) in [7, 11) is 0. The van der Waals surface area contributed by atoms with E-state index in [4.69, 9.17) is 9.47 Å². The van der Waals surface area contributed by atoms with E-state index < -0.39 is 22.0 Å². The lowest BCUT2D eigenvalue weighted by Crippen LogP contribution is -2.51. The van der Waals surface area contributed by atoms with E-state index in [9.17, 15) is 39.6 Å². The maximum absolute atomic E-state index is 12.9. The summed E-state index contributed by atoms with van der Waals surface area (Å²) in [4.78, 5) is 51.4. The highest BCUT2D eigenvalue weighted by atomic mass is 16.6. The van der Waals surface area contributed by atoms with Crippen molar-refractivity contribution in [3.05, 3.63) is 47.5 Å². The molecular weight excluding hydrogens is 664 g/mol. The van der Waals surface area contributed by atoms with Gasteiger partial charge >= 0.3 is 11.9 Å². The topological polar surface area (TPSA) is 168 Å². The quantitative estimate of drug-likeness (QED) is 0.131. The SMILES string of the molecule is CC1(C)CCC[C@]23C[C@](CC(=O)c4cc(O)ccc4O)(CC[C@@H]12)C(=O)O3.CC1(C)CCC[C@]23C[C@](CC(=O)c4cc(O)ccc4O)(CC[C@@H]12)C(=O)O3. The molecule has 2 heterocycles. The van der Waals surface area contributed by atoms with Crippen molar-refractivity contribution in [2.75, 3.05) is 0 Å². The molecule has 2 spiro atoms. The van der Waals surface area contributed by atoms with E-state index >= 15 is 0 Å². The molecule has 4 N–H and O–H groups in total. The summed E-state index contributed by atoms with van der Waals surface area (Å²) >= 11 is 0. The van der Waals surface area contributed by atoms with Crippen molar-refractivity contribution in [3.63, 3.8) is 0 Å². The molecule has 4 aliphatic carbocycles. The van der Waals surface area contributed by atoms with Gasteiger partial charge in [-0.1, -0.05) is 27.7 Å². The van der Waals surface area contributed by atoms with Gasteiger partial charge in [-0.2, -0.15) is 0 Å². The molecule has 2 aromatic carbocycles. The van der Waals surface area contributed by atoms with Crippen LogP contribution in [0.15, 0.2) is 36.4 Å². The molecule has 6 atom stereocenters. The van der Waals surface area contributed by atoms with Gasteiger partial charge in [0, 0.05) is 37.5 Å². The Bertz CT molecular complexity index is 1700. The Kier molecular flexibility index (Phi) is 8.54. The molecule has 8 rings (SSSR count). The second-order valence-corrected chi connectivity index (χ2v) is 18.3. The van der Waals surface area contributed by atoms with Crippen molar-refractivity contribution < 1.29 is 49.1 Å². The Hall–Kier alpha value is -4.08. The van der Waals surface area contributed by atoms with Crippen LogP contribution in [-0.4, -0.2) is 55.1 Å². The van der Waals surface area contributed by atoms with E-state index in [0.717, 1.165) is 51.4 Å². The highest BCUT2D eigenvalue weighted by Crippen LogP contribution is 2.65. The number of carbonyl (C=O) groups excluding carboxylic acids is 4. The second kappa shape index (κ2) is 12.2. The fraction of sp³-hybridized carbons (Fsp3) is 0.619. The van der Waals surface area contributed by atoms with Gasteiger partial charge in [-0.15, -0.1) is 0 Å². The van der Waals surface area contributed by atoms with Crippen molar-refractivity contribution in [2.24, 2.45) is 33.5 Å². The fourth-order valence-electron chi connectivity index (χ4n) is 11.7. The third-order valence-electron chi connectivity index (χ3n) is 14.1. The van der Waals surface area contributed by atoms with Crippen molar-refractivity contribution >= 4 is 23.5 Å². The first-order valence-electron chi connectivity index (χ1n) is 18.9. The van der Waals surface area contributed by atoms with Gasteiger partial charge in [0.1, 0.15) is 34.2 Å². The van der Waals surface area contributed by atoms with E-state index in [1.165, 1.54) is 36.4 Å². The summed E-state index contributed by atoms with van der Waals surface area (Å²) in [5, 5.41) is 39.2. The van der Waals surface area contributed by atoms with Gasteiger partial charge in [-0.3, -0.25) is 19.2 Å². The lowest BCUT2D eigenvalue weighted by Gasteiger charge is -2.52. The molecule has 0 unspecified atom stereocenters. The normalized spacial score (nSPS) is 34.8. The van der Waals surface area contributed by atoms with Gasteiger partial charge in [0.05, 0.1) is 22.0 Å². The molecule has 280 valence electrons. The number of ketones is 2. The molecular formula is C42H52O10. The Morgan fingerprint density at radius 3 is 1.38 bits per heavy atom. The van der Waals surface area contributed by atoms with Crippen molar-refractivity contribution in [3.8, 4) is 23.0 Å². The third kappa shape index (κ3) is 5.84. The molecule has 10 nitrogen and oxygen atoms in total. The van der Waals surface area contributed by atoms with E-state index in [0.29, 0.717) is 37.5 Å². The van der Waals surface area contributed by atoms with Crippen LogP contribution in [0.4, 0.5) is 0 Å². The summed E-state index contributed by atoms with van der Waals surface area (Å²) in [5.41, 5.74) is -2.03. The molecule has 2 aliphatic heterocycles. The first-order valence-corrected chi connectivity index (χ1v) is 18.9. The number of fused-ring (bicyclic) bond motifs is 2. The first-order chi connectivity index (χ1) is 24.3. The molecule has 6 aliphatic rings. The van der Waals surface area contributed by atoms with E-state index in [1.54, 1.807) is 0 Å². The van der Waals surface area contributed by atoms with Crippen LogP contribution in [0.25, 0.3) is 0 Å². The van der Waals surface area contributed by atoms with Gasteiger partial charge in [0.2, 0.25) is 0 Å². The molecule has 4 bridgehead atoms. The minimum absolute atomic E-state index is 0.0255. The summed E-state index contributed by atoms with van der Waals surface area (Å²) in [6.45, 7) is 9.03. The van der Waals surface area contributed by atoms with Crippen LogP contribution in [0.1, 0.15) is 138 Å². The largest absolute Gasteiger partial charge is 0.508 e. The highest BCUT2D eigenvalue weighted by molar-refractivity contribution is 6.02. The summed E-state index contributed by atoms with van der Waals surface area (Å²) < 4.78 is 12.0. The van der Waals surface area contributed by atoms with Crippen LogP contribution in [-0.2, 0) is 19.1 Å². The highest BCUT2D eigenvalue weighted by Gasteiger charge is 2.68. The molecule has 2 saturated heterocycles. The number of esters is 2. The van der Waals surface area contributed by atoms with E-state index in [-0.39, 0.29) is 81.3 Å². The van der Waals surface area contributed by atoms with Gasteiger partial charge in [-0.25, -0.2) is 0 Å². The molecule has 6 fully saturated rings. The van der Waals surface area contributed by atoms with Gasteiger partial charge in [-0.05, 0) is 111 Å². The third-order valence-corrected chi connectivity index (χ3v) is 14.1. The number of ether oxygens (including phenoxy) is 2. The van der Waals surface area contributed by atoms with Gasteiger partial charge < -0.3 is 29.9 Å². The molecule has 2 aromatic rings. The molecule has 4 saturated carbocycles. The Labute approximate surface area is 304 Å². The molecule has 0 radical (unpaired) electrons. The number of benzene rings is 2. The Morgan fingerprint density at radius 1 is 0.615 bits per heavy atom. The zero-order valence-electron chi connectivity index (χ0n) is 30.8. The molecule has 52 heavy (non-hydrogen) atoms. The number of phenols is 4. The monoisotopic (exact) mass is 716 g/mol. The van der Waals surface area contributed by atoms with Crippen molar-refractivity contribution in [1.82, 2.24) is 0 Å². The molecule has 0 amide bonds. The summed E-state index contributed by atoms with van der Waals surface area (Å²) in [5.74, 6) is -0.965. The average molecular weight is 717 g/mol. The fourth-order valence-corrected chi connectivity index (χ4v) is 11.7. The van der Waals surface area contributed by atoms with Gasteiger partial charge in [0.15, 0.2) is 11.6 Å². The number of phenolic OH excluding ortho intramolecular Hbond substituents is 4. The minimum Gasteiger partial charge on any atom is -0.508 e. The minimum atomic E-state index is -0.793. The van der Waals surface area contributed by atoms with Gasteiger partial charge in [0.25, 0.3) is 0 Å². The zero-order valence-corrected chi connectivity index (χ0v) is 30.8. The van der Waals surface area contributed by atoms with Crippen LogP contribution in [0.5, 0.6) is 23.0 Å². The number of carbonyl (C=O) groups is 4. The van der Waals surface area contributed by atoms with Crippen LogP contribution in [0, 0.1) is 33.5 Å². The number of hydrogen-bond acceptors (Lipinski definition) is 10. The maximum atomic E-state index is 12.9. The smallest absolute Gasteiger partial charge is 0.313 e. The Balaban J connectivity index is 0.000000162. The predicted octanol–water partition coefficient (Wildman–Crippen LogP) is 7.93. The average Bonchev–Trinajstić information content (AvgIpc) is 3.38. The molecule has 0 aromatic heterocycles. The Morgan fingerprint density at radius 2 is 1.00 bits per heavy atom. The first kappa shape index (κ1) is 36.3. The molecule has 10 heteroatoms. The lowest BCUT2D eigenvalue weighted by atomic mass is 9.52. The maximum Gasteiger partial charge on any atom is 0.313 e. The standard InChI is InChI=1S/2C21H26O5/c2*1-19(2)7-3-8-21-12-20(18(25)26-21,9-6-17(19)21)11-16(24)14-10-13(22)4-5-15(14)23/h2*4-5,10,17,22-23H,3,6-9,11-12H2,1-2H3/t2*17-,20+,21-/m00/s1. The second-order valence-electron chi connectivity index (χ2n) is 18.3. The number of Topliss-reactive ketones (excluding diaryl/α,β-unsaturated/α-hetero) is 2. The van der Waals surface area contributed by atoms with Crippen LogP contribution < -0.4 is 0 Å². The summed E-state index contributed by atoms with van der Waals surface area (Å²) in [6, 6.07) is 7.79. The van der Waals surface area contributed by atoms with Crippen molar-refractivity contribution in [1.29, 1.82) is 0 Å². The number of aromatic hydroxyl groups is 4. The summed E-state index contributed by atoms with van der Waals surface area (Å²) in [6.07, 6.45) is 10.4. The van der Waals surface area contributed by atoms with Crippen LogP contribution in [0.2, 0.25) is 0 Å². The van der Waals surface area contributed by atoms with E-state index in [1.807, 2.05) is 0 Å². The number of hydrogen-bond donors (Lipinski definition) is 4. The van der Waals surface area contributed by atoms with Crippen LogP contribution in [0.3, 0.4) is 0 Å². The van der Waals surface area contributed by atoms with Crippen molar-refractivity contribution in [2.45, 2.75) is 129 Å². The lowest BCUT2D eigenvalue weighted by molar-refractivity contribution is -0.164. The zero-order chi connectivity index (χ0) is 37.5.